The van der Waals surface area contributed by atoms with Gasteiger partial charge in [-0.15, -0.1) is 0 Å². The molecule has 0 aliphatic carbocycles. The molecule has 2 atom stereocenters. The summed E-state index contributed by atoms with van der Waals surface area (Å²) in [7, 11) is 0. The standard InChI is InChI=1S/C11H16ClN3/c1-8-3-9(2)6-15(5-8)11-4-10(12)13-7-14-11/h4,7-9H,3,5-6H2,1-2H3/t8-,9-/m1/s1. The Morgan fingerprint density at radius 1 is 1.27 bits per heavy atom. The lowest BCUT2D eigenvalue weighted by Crippen LogP contribution is -2.39. The Bertz CT molecular complexity index is 332. The van der Waals surface area contributed by atoms with Crippen LogP contribution in [0.2, 0.25) is 5.15 Å². The van der Waals surface area contributed by atoms with E-state index in [1.807, 2.05) is 6.07 Å². The molecule has 1 saturated heterocycles. The van der Waals surface area contributed by atoms with Gasteiger partial charge in [0, 0.05) is 19.2 Å². The van der Waals surface area contributed by atoms with Crippen molar-refractivity contribution in [3.63, 3.8) is 0 Å². The molecular weight excluding hydrogens is 210 g/mol. The van der Waals surface area contributed by atoms with Gasteiger partial charge in [-0.2, -0.15) is 0 Å². The minimum absolute atomic E-state index is 0.519. The minimum Gasteiger partial charge on any atom is -0.356 e. The predicted molar refractivity (Wildman–Crippen MR) is 62.2 cm³/mol. The van der Waals surface area contributed by atoms with Crippen LogP contribution in [0, 0.1) is 11.8 Å². The lowest BCUT2D eigenvalue weighted by molar-refractivity contribution is 0.355. The van der Waals surface area contributed by atoms with Crippen molar-refractivity contribution in [2.45, 2.75) is 20.3 Å². The third kappa shape index (κ3) is 2.59. The molecule has 1 aromatic rings. The molecule has 1 aliphatic rings. The first-order valence-corrected chi connectivity index (χ1v) is 5.75. The summed E-state index contributed by atoms with van der Waals surface area (Å²) in [4.78, 5) is 10.5. The van der Waals surface area contributed by atoms with Crippen LogP contribution in [0.15, 0.2) is 12.4 Å². The van der Waals surface area contributed by atoms with E-state index >= 15 is 0 Å². The van der Waals surface area contributed by atoms with Crippen LogP contribution in [0.4, 0.5) is 5.82 Å². The lowest BCUT2D eigenvalue weighted by atomic mass is 9.92. The largest absolute Gasteiger partial charge is 0.356 e. The van der Waals surface area contributed by atoms with Crippen LogP contribution in [0.25, 0.3) is 0 Å². The van der Waals surface area contributed by atoms with E-state index in [1.54, 1.807) is 0 Å². The van der Waals surface area contributed by atoms with Gasteiger partial charge in [0.2, 0.25) is 0 Å². The number of hydrogen-bond acceptors (Lipinski definition) is 3. The molecule has 1 aromatic heterocycles. The van der Waals surface area contributed by atoms with Crippen molar-refractivity contribution in [3.8, 4) is 0 Å². The Kier molecular flexibility index (Phi) is 3.10. The van der Waals surface area contributed by atoms with Gasteiger partial charge < -0.3 is 4.90 Å². The van der Waals surface area contributed by atoms with Crippen LogP contribution in [-0.4, -0.2) is 23.1 Å². The molecule has 1 fully saturated rings. The van der Waals surface area contributed by atoms with Gasteiger partial charge in [0.15, 0.2) is 0 Å². The molecule has 0 radical (unpaired) electrons. The summed E-state index contributed by atoms with van der Waals surface area (Å²) in [6.07, 6.45) is 2.83. The number of piperidine rings is 1. The van der Waals surface area contributed by atoms with Crippen molar-refractivity contribution >= 4 is 17.4 Å². The highest BCUT2D eigenvalue weighted by Crippen LogP contribution is 2.25. The fourth-order valence-electron chi connectivity index (χ4n) is 2.35. The van der Waals surface area contributed by atoms with E-state index in [4.69, 9.17) is 11.6 Å². The molecule has 15 heavy (non-hydrogen) atoms. The first-order valence-electron chi connectivity index (χ1n) is 5.37. The zero-order valence-corrected chi connectivity index (χ0v) is 9.91. The Labute approximate surface area is 95.5 Å². The summed E-state index contributed by atoms with van der Waals surface area (Å²) in [6.45, 7) is 6.70. The molecule has 2 rings (SSSR count). The second-order valence-corrected chi connectivity index (χ2v) is 4.94. The molecule has 4 heteroatoms. The zero-order chi connectivity index (χ0) is 10.8. The summed E-state index contributed by atoms with van der Waals surface area (Å²) < 4.78 is 0. The molecule has 0 unspecified atom stereocenters. The van der Waals surface area contributed by atoms with E-state index in [2.05, 4.69) is 28.7 Å². The van der Waals surface area contributed by atoms with Crippen LogP contribution in [0.3, 0.4) is 0 Å². The molecular formula is C11H16ClN3. The topological polar surface area (TPSA) is 29.0 Å². The lowest BCUT2D eigenvalue weighted by Gasteiger charge is -2.35. The van der Waals surface area contributed by atoms with Gasteiger partial charge in [-0.1, -0.05) is 25.4 Å². The Morgan fingerprint density at radius 3 is 2.53 bits per heavy atom. The molecule has 0 spiro atoms. The van der Waals surface area contributed by atoms with E-state index in [0.717, 1.165) is 30.7 Å². The van der Waals surface area contributed by atoms with Crippen molar-refractivity contribution < 1.29 is 0 Å². The van der Waals surface area contributed by atoms with Crippen LogP contribution in [0.1, 0.15) is 20.3 Å². The van der Waals surface area contributed by atoms with Gasteiger partial charge in [0.25, 0.3) is 0 Å². The summed E-state index contributed by atoms with van der Waals surface area (Å²) >= 11 is 5.86. The Balaban J connectivity index is 2.16. The average molecular weight is 226 g/mol. The fraction of sp³-hybridized carbons (Fsp3) is 0.636. The van der Waals surface area contributed by atoms with Gasteiger partial charge in [-0.25, -0.2) is 9.97 Å². The molecule has 0 N–H and O–H groups in total. The fourth-order valence-corrected chi connectivity index (χ4v) is 2.49. The first kappa shape index (κ1) is 10.7. The highest BCUT2D eigenvalue weighted by molar-refractivity contribution is 6.29. The van der Waals surface area contributed by atoms with E-state index < -0.39 is 0 Å². The molecule has 82 valence electrons. The van der Waals surface area contributed by atoms with Gasteiger partial charge >= 0.3 is 0 Å². The second-order valence-electron chi connectivity index (χ2n) is 4.55. The van der Waals surface area contributed by atoms with E-state index in [-0.39, 0.29) is 0 Å². The maximum Gasteiger partial charge on any atom is 0.134 e. The van der Waals surface area contributed by atoms with Crippen LogP contribution in [-0.2, 0) is 0 Å². The van der Waals surface area contributed by atoms with Crippen molar-refractivity contribution in [3.05, 3.63) is 17.5 Å². The smallest absolute Gasteiger partial charge is 0.134 e. The number of aromatic nitrogens is 2. The van der Waals surface area contributed by atoms with Crippen molar-refractivity contribution in [2.75, 3.05) is 18.0 Å². The third-order valence-electron chi connectivity index (χ3n) is 2.81. The Hall–Kier alpha value is -0.830. The van der Waals surface area contributed by atoms with Crippen LogP contribution >= 0.6 is 11.6 Å². The maximum absolute atomic E-state index is 5.86. The monoisotopic (exact) mass is 225 g/mol. The van der Waals surface area contributed by atoms with E-state index in [1.165, 1.54) is 12.7 Å². The van der Waals surface area contributed by atoms with Crippen LogP contribution < -0.4 is 4.90 Å². The quantitative estimate of drug-likeness (QED) is 0.688. The average Bonchev–Trinajstić information content (AvgIpc) is 2.16. The van der Waals surface area contributed by atoms with Gasteiger partial charge in [-0.05, 0) is 18.3 Å². The molecule has 0 bridgehead atoms. The summed E-state index contributed by atoms with van der Waals surface area (Å²) in [5.74, 6) is 2.40. The minimum atomic E-state index is 0.519. The zero-order valence-electron chi connectivity index (χ0n) is 9.15. The highest BCUT2D eigenvalue weighted by Gasteiger charge is 2.22. The predicted octanol–water partition coefficient (Wildman–Crippen LogP) is 2.61. The van der Waals surface area contributed by atoms with Crippen molar-refractivity contribution in [2.24, 2.45) is 11.8 Å². The van der Waals surface area contributed by atoms with Gasteiger partial charge in [-0.3, -0.25) is 0 Å². The number of rotatable bonds is 1. The maximum atomic E-state index is 5.86. The summed E-state index contributed by atoms with van der Waals surface area (Å²) in [5.41, 5.74) is 0. The SMILES string of the molecule is C[C@@H]1C[C@@H](C)CN(c2cc(Cl)ncn2)C1. The highest BCUT2D eigenvalue weighted by atomic mass is 35.5. The van der Waals surface area contributed by atoms with E-state index in [0.29, 0.717) is 5.15 Å². The van der Waals surface area contributed by atoms with E-state index in [9.17, 15) is 0 Å². The number of anilines is 1. The molecule has 0 amide bonds. The van der Waals surface area contributed by atoms with Crippen molar-refractivity contribution in [1.29, 1.82) is 0 Å². The Morgan fingerprint density at radius 2 is 1.93 bits per heavy atom. The van der Waals surface area contributed by atoms with Gasteiger partial charge in [0.1, 0.15) is 17.3 Å². The molecule has 3 nitrogen and oxygen atoms in total. The number of halogens is 1. The summed E-state index contributed by atoms with van der Waals surface area (Å²) in [5, 5.41) is 0.519. The number of hydrogen-bond donors (Lipinski definition) is 0. The van der Waals surface area contributed by atoms with Crippen LogP contribution in [0.5, 0.6) is 0 Å². The molecule has 0 aromatic carbocycles. The van der Waals surface area contributed by atoms with Gasteiger partial charge in [0.05, 0.1) is 0 Å². The third-order valence-corrected chi connectivity index (χ3v) is 3.02. The van der Waals surface area contributed by atoms with Crippen molar-refractivity contribution in [1.82, 2.24) is 9.97 Å². The molecule has 2 heterocycles. The number of nitrogens with zero attached hydrogens (tertiary/aromatic N) is 3. The first-order chi connectivity index (χ1) is 7.15. The molecule has 1 aliphatic heterocycles. The second kappa shape index (κ2) is 4.35. The normalized spacial score (nSPS) is 26.7. The molecule has 0 saturated carbocycles. The summed E-state index contributed by atoms with van der Waals surface area (Å²) in [6, 6.07) is 1.84.